The first-order valence-electron chi connectivity index (χ1n) is 7.41. The molecule has 0 aromatic carbocycles. The van der Waals surface area contributed by atoms with E-state index in [9.17, 15) is 4.79 Å². The summed E-state index contributed by atoms with van der Waals surface area (Å²) < 4.78 is 6.48. The fourth-order valence-corrected chi connectivity index (χ4v) is 3.21. The minimum Gasteiger partial charge on any atom is -0.413 e. The van der Waals surface area contributed by atoms with E-state index in [1.807, 2.05) is 13.0 Å². The quantitative estimate of drug-likeness (QED) is 0.564. The predicted molar refractivity (Wildman–Crippen MR) is 89.1 cm³/mol. The van der Waals surface area contributed by atoms with Crippen LogP contribution in [0.4, 0.5) is 0 Å². The lowest BCUT2D eigenvalue weighted by atomic mass is 9.81. The first kappa shape index (κ1) is 19.4. The van der Waals surface area contributed by atoms with Crippen molar-refractivity contribution in [3.8, 4) is 0 Å². The number of primary amides is 1. The van der Waals surface area contributed by atoms with E-state index < -0.39 is 8.32 Å². The molecule has 3 nitrogen and oxygen atoms in total. The highest BCUT2D eigenvalue weighted by Crippen LogP contribution is 2.41. The second kappa shape index (κ2) is 6.90. The topological polar surface area (TPSA) is 52.3 Å². The minimum atomic E-state index is -1.92. The van der Waals surface area contributed by atoms with Gasteiger partial charge in [0, 0.05) is 0 Å². The number of rotatable bonds is 7. The van der Waals surface area contributed by atoms with Crippen LogP contribution in [0.3, 0.4) is 0 Å². The molecule has 1 unspecified atom stereocenters. The second-order valence-corrected chi connectivity index (χ2v) is 12.6. The molecular formula is C16H33NO2Si. The van der Waals surface area contributed by atoms with Gasteiger partial charge in [0.15, 0.2) is 8.32 Å². The van der Waals surface area contributed by atoms with Crippen molar-refractivity contribution >= 4 is 14.2 Å². The Hall–Kier alpha value is -0.613. The standard InChI is InChI=1S/C16H33NO2Si/c1-9-10-11-16(5,6)13(12-14(17)18)19-20(7,8)15(2,3)4/h9-10,13H,11-12H2,1-8H3,(H2,17,18). The van der Waals surface area contributed by atoms with E-state index in [1.54, 1.807) is 0 Å². The van der Waals surface area contributed by atoms with Crippen LogP contribution in [-0.4, -0.2) is 20.3 Å². The number of hydrogen-bond donors (Lipinski definition) is 1. The molecule has 1 amide bonds. The lowest BCUT2D eigenvalue weighted by Gasteiger charge is -2.44. The van der Waals surface area contributed by atoms with Crippen LogP contribution in [0, 0.1) is 5.41 Å². The molecule has 20 heavy (non-hydrogen) atoms. The zero-order valence-electron chi connectivity index (χ0n) is 14.5. The molecule has 0 fully saturated rings. The third-order valence-electron chi connectivity index (χ3n) is 4.38. The maximum atomic E-state index is 11.4. The Balaban J connectivity index is 5.22. The maximum absolute atomic E-state index is 11.4. The first-order chi connectivity index (χ1) is 8.83. The van der Waals surface area contributed by atoms with Crippen LogP contribution in [-0.2, 0) is 9.22 Å². The van der Waals surface area contributed by atoms with Gasteiger partial charge in [-0.1, -0.05) is 46.8 Å². The molecule has 0 rings (SSSR count). The molecule has 0 saturated heterocycles. The van der Waals surface area contributed by atoms with Crippen LogP contribution in [0.5, 0.6) is 0 Å². The van der Waals surface area contributed by atoms with Gasteiger partial charge in [0.25, 0.3) is 0 Å². The molecule has 0 aliphatic rings. The van der Waals surface area contributed by atoms with Crippen LogP contribution >= 0.6 is 0 Å². The van der Waals surface area contributed by atoms with E-state index in [0.29, 0.717) is 0 Å². The predicted octanol–water partition coefficient (Wildman–Crippen LogP) is 4.24. The molecule has 0 aromatic rings. The number of carbonyl (C=O) groups excluding carboxylic acids is 1. The van der Waals surface area contributed by atoms with E-state index in [-0.39, 0.29) is 28.9 Å². The van der Waals surface area contributed by atoms with Gasteiger partial charge in [0.2, 0.25) is 5.91 Å². The molecule has 2 N–H and O–H groups in total. The molecule has 1 atom stereocenters. The number of hydrogen-bond acceptors (Lipinski definition) is 2. The van der Waals surface area contributed by atoms with Gasteiger partial charge >= 0.3 is 0 Å². The van der Waals surface area contributed by atoms with Crippen molar-refractivity contribution in [2.45, 2.75) is 78.6 Å². The highest BCUT2D eigenvalue weighted by molar-refractivity contribution is 6.74. The third kappa shape index (κ3) is 5.79. The van der Waals surface area contributed by atoms with E-state index in [4.69, 9.17) is 10.2 Å². The first-order valence-corrected chi connectivity index (χ1v) is 10.3. The van der Waals surface area contributed by atoms with E-state index in [0.717, 1.165) is 6.42 Å². The fraction of sp³-hybridized carbons (Fsp3) is 0.812. The molecule has 0 spiro atoms. The highest BCUT2D eigenvalue weighted by atomic mass is 28.4. The highest BCUT2D eigenvalue weighted by Gasteiger charge is 2.42. The van der Waals surface area contributed by atoms with Gasteiger partial charge in [-0.15, -0.1) is 0 Å². The van der Waals surface area contributed by atoms with Crippen molar-refractivity contribution < 1.29 is 9.22 Å². The smallest absolute Gasteiger partial charge is 0.219 e. The van der Waals surface area contributed by atoms with Gasteiger partial charge in [-0.25, -0.2) is 0 Å². The average molecular weight is 300 g/mol. The summed E-state index contributed by atoms with van der Waals surface area (Å²) in [5.74, 6) is -0.290. The molecule has 0 aromatic heterocycles. The molecule has 4 heteroatoms. The lowest BCUT2D eigenvalue weighted by molar-refractivity contribution is -0.121. The average Bonchev–Trinajstić information content (AvgIpc) is 2.23. The number of allylic oxidation sites excluding steroid dienone is 2. The monoisotopic (exact) mass is 299 g/mol. The zero-order chi connectivity index (χ0) is 16.2. The summed E-state index contributed by atoms with van der Waals surface area (Å²) >= 11 is 0. The van der Waals surface area contributed by atoms with Gasteiger partial charge in [0.1, 0.15) is 0 Å². The molecule has 0 aliphatic heterocycles. The summed E-state index contributed by atoms with van der Waals surface area (Å²) in [5.41, 5.74) is 5.32. The molecule has 0 heterocycles. The van der Waals surface area contributed by atoms with E-state index in [1.165, 1.54) is 0 Å². The summed E-state index contributed by atoms with van der Waals surface area (Å²) in [7, 11) is -1.92. The summed E-state index contributed by atoms with van der Waals surface area (Å²) in [6, 6.07) is 0. The number of nitrogens with two attached hydrogens (primary N) is 1. The SMILES string of the molecule is CC=CCC(C)(C)C(CC(N)=O)O[Si](C)(C)C(C)(C)C. The molecule has 0 bridgehead atoms. The zero-order valence-corrected chi connectivity index (χ0v) is 15.5. The third-order valence-corrected chi connectivity index (χ3v) is 8.87. The lowest BCUT2D eigenvalue weighted by Crippen LogP contribution is -2.49. The summed E-state index contributed by atoms with van der Waals surface area (Å²) in [4.78, 5) is 11.4. The summed E-state index contributed by atoms with van der Waals surface area (Å²) in [6.45, 7) is 17.4. The Labute approximate surface area is 126 Å². The molecule has 0 radical (unpaired) electrons. The van der Waals surface area contributed by atoms with Crippen molar-refractivity contribution in [2.24, 2.45) is 11.1 Å². The summed E-state index contributed by atoms with van der Waals surface area (Å²) in [6.07, 6.45) is 5.21. The normalized spacial score (nSPS) is 15.6. The van der Waals surface area contributed by atoms with Gasteiger partial charge in [0.05, 0.1) is 12.5 Å². The fourth-order valence-electron chi connectivity index (χ4n) is 1.75. The summed E-state index contributed by atoms with van der Waals surface area (Å²) in [5, 5.41) is 0.125. The molecule has 118 valence electrons. The Morgan fingerprint density at radius 2 is 1.75 bits per heavy atom. The number of carbonyl (C=O) groups is 1. The Kier molecular flexibility index (Phi) is 6.69. The molecule has 0 aliphatic carbocycles. The second-order valence-electron chi connectivity index (χ2n) is 7.80. The van der Waals surface area contributed by atoms with Gasteiger partial charge in [-0.3, -0.25) is 4.79 Å². The Morgan fingerprint density at radius 3 is 2.10 bits per heavy atom. The van der Waals surface area contributed by atoms with Crippen LogP contribution in [0.15, 0.2) is 12.2 Å². The van der Waals surface area contributed by atoms with Crippen molar-refractivity contribution in [1.82, 2.24) is 0 Å². The largest absolute Gasteiger partial charge is 0.413 e. The molecule has 0 saturated carbocycles. The Bertz CT molecular complexity index is 354. The van der Waals surface area contributed by atoms with Crippen molar-refractivity contribution in [3.63, 3.8) is 0 Å². The van der Waals surface area contributed by atoms with Crippen LogP contribution in [0.25, 0.3) is 0 Å². The van der Waals surface area contributed by atoms with Crippen LogP contribution < -0.4 is 5.73 Å². The van der Waals surface area contributed by atoms with Gasteiger partial charge < -0.3 is 10.2 Å². The van der Waals surface area contributed by atoms with E-state index in [2.05, 4.69) is 53.8 Å². The van der Waals surface area contributed by atoms with Gasteiger partial charge in [-0.2, -0.15) is 0 Å². The molecular weight excluding hydrogens is 266 g/mol. The van der Waals surface area contributed by atoms with Gasteiger partial charge in [-0.05, 0) is 36.9 Å². The number of amides is 1. The van der Waals surface area contributed by atoms with E-state index >= 15 is 0 Å². The minimum absolute atomic E-state index is 0.100. The van der Waals surface area contributed by atoms with Crippen molar-refractivity contribution in [2.75, 3.05) is 0 Å². The Morgan fingerprint density at radius 1 is 1.25 bits per heavy atom. The van der Waals surface area contributed by atoms with Crippen LogP contribution in [0.2, 0.25) is 18.1 Å². The van der Waals surface area contributed by atoms with Crippen LogP contribution in [0.1, 0.15) is 54.4 Å². The van der Waals surface area contributed by atoms with Crippen molar-refractivity contribution in [3.05, 3.63) is 12.2 Å². The van der Waals surface area contributed by atoms with Crippen molar-refractivity contribution in [1.29, 1.82) is 0 Å². The maximum Gasteiger partial charge on any atom is 0.219 e.